The average Bonchev–Trinajstić information content (AvgIpc) is 2.02. The highest BCUT2D eigenvalue weighted by Gasteiger charge is 2.48. The van der Waals surface area contributed by atoms with Gasteiger partial charge in [-0.05, 0) is 20.8 Å². The van der Waals surface area contributed by atoms with Crippen molar-refractivity contribution in [1.82, 2.24) is 0 Å². The molecule has 0 spiro atoms. The van der Waals surface area contributed by atoms with Gasteiger partial charge in [0, 0.05) is 0 Å². The predicted octanol–water partition coefficient (Wildman–Crippen LogP) is -1.57. The molecule has 0 aromatic rings. The summed E-state index contributed by atoms with van der Waals surface area (Å²) in [5.41, 5.74) is -4.17. The second kappa shape index (κ2) is 3.71. The van der Waals surface area contributed by atoms with Crippen molar-refractivity contribution in [2.24, 2.45) is 0 Å². The Kier molecular flexibility index (Phi) is 3.57. The summed E-state index contributed by atoms with van der Waals surface area (Å²) < 4.78 is 0. The Morgan fingerprint density at radius 1 is 1.23 bits per heavy atom. The normalized spacial score (nSPS) is 25.5. The first-order valence-corrected chi connectivity index (χ1v) is 3.94. The van der Waals surface area contributed by atoms with E-state index in [0.29, 0.717) is 0 Å². The van der Waals surface area contributed by atoms with Crippen molar-refractivity contribution in [2.45, 2.75) is 44.2 Å². The zero-order valence-electron chi connectivity index (χ0n) is 7.93. The van der Waals surface area contributed by atoms with Crippen LogP contribution in [-0.4, -0.2) is 50.1 Å². The Morgan fingerprint density at radius 3 is 1.85 bits per heavy atom. The number of aldehydes is 1. The first kappa shape index (κ1) is 12.5. The van der Waals surface area contributed by atoms with E-state index in [9.17, 15) is 20.1 Å². The van der Waals surface area contributed by atoms with Crippen molar-refractivity contribution in [3.63, 3.8) is 0 Å². The molecule has 0 aromatic carbocycles. The maximum absolute atomic E-state index is 10.4. The van der Waals surface area contributed by atoms with E-state index in [1.54, 1.807) is 0 Å². The number of carbonyl (C=O) groups is 1. The highest BCUT2D eigenvalue weighted by Crippen LogP contribution is 2.25. The molecule has 0 amide bonds. The van der Waals surface area contributed by atoms with Crippen molar-refractivity contribution in [3.8, 4) is 0 Å². The van der Waals surface area contributed by atoms with Gasteiger partial charge in [0.25, 0.3) is 0 Å². The van der Waals surface area contributed by atoms with Gasteiger partial charge in [0.1, 0.15) is 17.3 Å². The molecule has 0 saturated carbocycles. The van der Waals surface area contributed by atoms with Gasteiger partial charge in [0.2, 0.25) is 0 Å². The molecular formula is C8H16O5. The molecule has 4 atom stereocenters. The van der Waals surface area contributed by atoms with Crippen LogP contribution in [0.4, 0.5) is 0 Å². The lowest BCUT2D eigenvalue weighted by molar-refractivity contribution is -0.198. The summed E-state index contributed by atoms with van der Waals surface area (Å²) in [4.78, 5) is 10.4. The van der Waals surface area contributed by atoms with Gasteiger partial charge in [0.05, 0.1) is 6.10 Å². The summed E-state index contributed by atoms with van der Waals surface area (Å²) in [7, 11) is 0. The maximum Gasteiger partial charge on any atom is 0.154 e. The lowest BCUT2D eigenvalue weighted by atomic mass is 9.80. The summed E-state index contributed by atoms with van der Waals surface area (Å²) in [5, 5.41) is 37.3. The standard InChI is InChI=1S/C8H16O5/c1-5(10)6(11)8(3,13)7(2,12)4-9/h4-6,10-13H,1-3H3/t5?,6-,7-,8-/m1/s1. The van der Waals surface area contributed by atoms with E-state index < -0.39 is 23.4 Å². The van der Waals surface area contributed by atoms with Crippen molar-refractivity contribution < 1.29 is 25.2 Å². The molecule has 4 N–H and O–H groups in total. The van der Waals surface area contributed by atoms with Gasteiger partial charge in [0.15, 0.2) is 6.29 Å². The second-order valence-electron chi connectivity index (χ2n) is 3.60. The molecule has 5 heteroatoms. The molecule has 13 heavy (non-hydrogen) atoms. The summed E-state index contributed by atoms with van der Waals surface area (Å²) in [6.45, 7) is 3.39. The largest absolute Gasteiger partial charge is 0.391 e. The van der Waals surface area contributed by atoms with Gasteiger partial charge in [-0.25, -0.2) is 0 Å². The molecular weight excluding hydrogens is 176 g/mol. The van der Waals surface area contributed by atoms with Crippen molar-refractivity contribution in [3.05, 3.63) is 0 Å². The minimum absolute atomic E-state index is 0.124. The SMILES string of the molecule is CC(O)[C@@H](O)[C@@](C)(O)[C@](C)(O)C=O. The van der Waals surface area contributed by atoms with Crippen molar-refractivity contribution >= 4 is 6.29 Å². The van der Waals surface area contributed by atoms with Gasteiger partial charge in [-0.15, -0.1) is 0 Å². The lowest BCUT2D eigenvalue weighted by Crippen LogP contribution is -2.61. The van der Waals surface area contributed by atoms with Crippen LogP contribution in [0.25, 0.3) is 0 Å². The highest BCUT2D eigenvalue weighted by molar-refractivity contribution is 5.64. The number of aliphatic hydroxyl groups excluding tert-OH is 2. The smallest absolute Gasteiger partial charge is 0.154 e. The average molecular weight is 192 g/mol. The van der Waals surface area contributed by atoms with E-state index in [4.69, 9.17) is 5.11 Å². The van der Waals surface area contributed by atoms with Crippen LogP contribution in [0.2, 0.25) is 0 Å². The van der Waals surface area contributed by atoms with Crippen molar-refractivity contribution in [1.29, 1.82) is 0 Å². The van der Waals surface area contributed by atoms with Gasteiger partial charge in [-0.3, -0.25) is 0 Å². The van der Waals surface area contributed by atoms with Gasteiger partial charge in [-0.2, -0.15) is 0 Å². The van der Waals surface area contributed by atoms with Crippen LogP contribution in [-0.2, 0) is 4.79 Å². The summed E-state index contributed by atoms with van der Waals surface area (Å²) >= 11 is 0. The Bertz CT molecular complexity index is 185. The number of hydrogen-bond acceptors (Lipinski definition) is 5. The van der Waals surface area contributed by atoms with E-state index in [2.05, 4.69) is 0 Å². The second-order valence-corrected chi connectivity index (χ2v) is 3.60. The third-order valence-electron chi connectivity index (χ3n) is 2.29. The zero-order chi connectivity index (χ0) is 10.9. The van der Waals surface area contributed by atoms with E-state index in [0.717, 1.165) is 13.8 Å². The van der Waals surface area contributed by atoms with Gasteiger partial charge in [-0.1, -0.05) is 0 Å². The Hall–Kier alpha value is -0.490. The maximum atomic E-state index is 10.4. The molecule has 0 aliphatic carbocycles. The van der Waals surface area contributed by atoms with Gasteiger partial charge >= 0.3 is 0 Å². The molecule has 0 heterocycles. The molecule has 0 aliphatic rings. The monoisotopic (exact) mass is 192 g/mol. The predicted molar refractivity (Wildman–Crippen MR) is 45.0 cm³/mol. The summed E-state index contributed by atoms with van der Waals surface area (Å²) in [6, 6.07) is 0. The molecule has 0 aliphatic heterocycles. The first-order valence-electron chi connectivity index (χ1n) is 3.94. The van der Waals surface area contributed by atoms with Gasteiger partial charge < -0.3 is 25.2 Å². The first-order chi connectivity index (χ1) is 5.66. The number of hydrogen-bond donors (Lipinski definition) is 4. The number of aliphatic hydroxyl groups is 4. The van der Waals surface area contributed by atoms with Crippen LogP contribution in [0.3, 0.4) is 0 Å². The van der Waals surface area contributed by atoms with E-state index in [-0.39, 0.29) is 6.29 Å². The topological polar surface area (TPSA) is 98.0 Å². The number of rotatable bonds is 4. The zero-order valence-corrected chi connectivity index (χ0v) is 7.93. The summed E-state index contributed by atoms with van der Waals surface area (Å²) in [6.07, 6.45) is -2.70. The van der Waals surface area contributed by atoms with E-state index in [1.807, 2.05) is 0 Å². The van der Waals surface area contributed by atoms with Crippen LogP contribution < -0.4 is 0 Å². The minimum atomic E-state index is -2.09. The Morgan fingerprint density at radius 2 is 1.62 bits per heavy atom. The van der Waals surface area contributed by atoms with E-state index in [1.165, 1.54) is 6.92 Å². The third-order valence-corrected chi connectivity index (χ3v) is 2.29. The molecule has 0 fully saturated rings. The quantitative estimate of drug-likeness (QED) is 0.403. The number of carbonyl (C=O) groups excluding carboxylic acids is 1. The molecule has 78 valence electrons. The fourth-order valence-electron chi connectivity index (χ4n) is 0.888. The highest BCUT2D eigenvalue weighted by atomic mass is 16.4. The minimum Gasteiger partial charge on any atom is -0.391 e. The van der Waals surface area contributed by atoms with Crippen LogP contribution in [0.15, 0.2) is 0 Å². The fraction of sp³-hybridized carbons (Fsp3) is 0.875. The molecule has 0 saturated heterocycles. The van der Waals surface area contributed by atoms with Crippen LogP contribution in [0.1, 0.15) is 20.8 Å². The Balaban J connectivity index is 4.84. The lowest BCUT2D eigenvalue weighted by Gasteiger charge is -2.39. The fourth-order valence-corrected chi connectivity index (χ4v) is 0.888. The molecule has 0 radical (unpaired) electrons. The van der Waals surface area contributed by atoms with Crippen LogP contribution in [0.5, 0.6) is 0 Å². The van der Waals surface area contributed by atoms with Crippen LogP contribution in [0, 0.1) is 0 Å². The molecule has 0 rings (SSSR count). The molecule has 5 nitrogen and oxygen atoms in total. The summed E-state index contributed by atoms with van der Waals surface area (Å²) in [5.74, 6) is 0. The molecule has 1 unspecified atom stereocenters. The van der Waals surface area contributed by atoms with Crippen molar-refractivity contribution in [2.75, 3.05) is 0 Å². The third kappa shape index (κ3) is 2.25. The Labute approximate surface area is 76.6 Å². The molecule has 0 aromatic heterocycles. The van der Waals surface area contributed by atoms with E-state index >= 15 is 0 Å². The molecule has 0 bridgehead atoms. The van der Waals surface area contributed by atoms with Crippen LogP contribution >= 0.6 is 0 Å².